The number of rotatable bonds is 4. The highest BCUT2D eigenvalue weighted by Crippen LogP contribution is 2.29. The topological polar surface area (TPSA) is 54.9 Å². The van der Waals surface area contributed by atoms with Gasteiger partial charge < -0.3 is 5.32 Å². The molecule has 1 N–H and O–H groups in total. The quantitative estimate of drug-likeness (QED) is 0.926. The number of amides is 1. The second-order valence-electron chi connectivity index (χ2n) is 3.92. The van der Waals surface area contributed by atoms with Gasteiger partial charge >= 0.3 is 0 Å². The van der Waals surface area contributed by atoms with E-state index in [0.29, 0.717) is 14.7 Å². The Morgan fingerprint density at radius 2 is 2.41 bits per heavy atom. The van der Waals surface area contributed by atoms with E-state index in [4.69, 9.17) is 11.6 Å². The predicted molar refractivity (Wildman–Crippen MR) is 71.9 cm³/mol. The van der Waals surface area contributed by atoms with Gasteiger partial charge in [0, 0.05) is 11.3 Å². The summed E-state index contributed by atoms with van der Waals surface area (Å²) in [6.07, 6.45) is 3.28. The molecule has 0 saturated heterocycles. The first-order valence-electron chi connectivity index (χ1n) is 5.60. The Kier molecular flexibility index (Phi) is 4.64. The Morgan fingerprint density at radius 3 is 3.06 bits per heavy atom. The van der Waals surface area contributed by atoms with Crippen LogP contribution in [0.1, 0.15) is 36.0 Å². The van der Waals surface area contributed by atoms with Crippen LogP contribution in [-0.2, 0) is 0 Å². The lowest BCUT2D eigenvalue weighted by atomic mass is 10.2. The van der Waals surface area contributed by atoms with Gasteiger partial charge in [0.15, 0.2) is 0 Å². The third-order valence-electron chi connectivity index (χ3n) is 2.72. The normalized spacial score (nSPS) is 23.9. The van der Waals surface area contributed by atoms with Crippen molar-refractivity contribution in [2.45, 2.75) is 37.5 Å². The summed E-state index contributed by atoms with van der Waals surface area (Å²) in [5.41, 5.74) is 0. The molecule has 1 aliphatic rings. The van der Waals surface area contributed by atoms with Gasteiger partial charge in [-0.05, 0) is 36.6 Å². The van der Waals surface area contributed by atoms with Crippen LogP contribution < -0.4 is 5.32 Å². The fourth-order valence-corrected chi connectivity index (χ4v) is 3.88. The molecular weight excluding hydrogens is 278 g/mol. The van der Waals surface area contributed by atoms with Crippen molar-refractivity contribution in [2.24, 2.45) is 0 Å². The van der Waals surface area contributed by atoms with Gasteiger partial charge in [-0.25, -0.2) is 0 Å². The standard InChI is InChI=1S/C10H14ClN3OS2/c1-2-16-7-4-3-6(5-7)12-8(15)9-13-14-10(11)17-9/h6-7H,2-5H2,1H3,(H,12,15). The third kappa shape index (κ3) is 3.56. The van der Waals surface area contributed by atoms with Gasteiger partial charge in [-0.15, -0.1) is 10.2 Å². The minimum absolute atomic E-state index is 0.151. The van der Waals surface area contributed by atoms with E-state index in [9.17, 15) is 4.79 Å². The molecule has 1 saturated carbocycles. The summed E-state index contributed by atoms with van der Waals surface area (Å²) in [7, 11) is 0. The zero-order chi connectivity index (χ0) is 12.3. The number of aromatic nitrogens is 2. The SMILES string of the molecule is CCSC1CCC(NC(=O)c2nnc(Cl)s2)C1. The van der Waals surface area contributed by atoms with Crippen LogP contribution in [0.15, 0.2) is 0 Å². The highest BCUT2D eigenvalue weighted by atomic mass is 35.5. The first-order chi connectivity index (χ1) is 8.19. The average Bonchev–Trinajstić information content (AvgIpc) is 2.88. The molecule has 17 heavy (non-hydrogen) atoms. The van der Waals surface area contributed by atoms with E-state index in [1.807, 2.05) is 11.8 Å². The molecule has 0 aliphatic heterocycles. The number of nitrogens with one attached hydrogen (secondary N) is 1. The highest BCUT2D eigenvalue weighted by Gasteiger charge is 2.26. The van der Waals surface area contributed by atoms with Crippen molar-refractivity contribution in [3.63, 3.8) is 0 Å². The monoisotopic (exact) mass is 291 g/mol. The lowest BCUT2D eigenvalue weighted by Gasteiger charge is -2.11. The number of nitrogens with zero attached hydrogens (tertiary/aromatic N) is 2. The van der Waals surface area contributed by atoms with E-state index in [1.165, 1.54) is 6.42 Å². The molecule has 4 nitrogen and oxygen atoms in total. The van der Waals surface area contributed by atoms with Gasteiger partial charge in [-0.3, -0.25) is 4.79 Å². The molecule has 7 heteroatoms. The second-order valence-corrected chi connectivity index (χ2v) is 7.06. The van der Waals surface area contributed by atoms with E-state index in [1.54, 1.807) is 0 Å². The van der Waals surface area contributed by atoms with Crippen molar-refractivity contribution in [1.82, 2.24) is 15.5 Å². The zero-order valence-electron chi connectivity index (χ0n) is 9.48. The van der Waals surface area contributed by atoms with Gasteiger partial charge in [0.05, 0.1) is 0 Å². The summed E-state index contributed by atoms with van der Waals surface area (Å²) in [4.78, 5) is 11.8. The van der Waals surface area contributed by atoms with Gasteiger partial charge in [0.2, 0.25) is 9.47 Å². The average molecular weight is 292 g/mol. The Hall–Kier alpha value is -0.330. The maximum atomic E-state index is 11.8. The molecule has 1 aliphatic carbocycles. The Labute approximate surface area is 114 Å². The van der Waals surface area contributed by atoms with Crippen LogP contribution in [0.5, 0.6) is 0 Å². The van der Waals surface area contributed by atoms with Gasteiger partial charge in [-0.2, -0.15) is 11.8 Å². The molecular formula is C10H14ClN3OS2. The van der Waals surface area contributed by atoms with Crippen molar-refractivity contribution in [3.8, 4) is 0 Å². The molecule has 1 heterocycles. The van der Waals surface area contributed by atoms with Gasteiger partial charge in [-0.1, -0.05) is 18.3 Å². The number of hydrogen-bond donors (Lipinski definition) is 1. The largest absolute Gasteiger partial charge is 0.347 e. The molecule has 94 valence electrons. The summed E-state index contributed by atoms with van der Waals surface area (Å²) in [5, 5.41) is 11.4. The minimum atomic E-state index is -0.151. The number of hydrogen-bond acceptors (Lipinski definition) is 5. The molecule has 2 rings (SSSR count). The number of carbonyl (C=O) groups excluding carboxylic acids is 1. The smallest absolute Gasteiger partial charge is 0.282 e. The van der Waals surface area contributed by atoms with Crippen molar-refractivity contribution in [1.29, 1.82) is 0 Å². The van der Waals surface area contributed by atoms with Crippen LogP contribution in [0, 0.1) is 0 Å². The molecule has 0 aromatic carbocycles. The van der Waals surface area contributed by atoms with Crippen LogP contribution in [0.4, 0.5) is 0 Å². The fraction of sp³-hybridized carbons (Fsp3) is 0.700. The first-order valence-corrected chi connectivity index (χ1v) is 7.84. The van der Waals surface area contributed by atoms with E-state index in [-0.39, 0.29) is 11.9 Å². The van der Waals surface area contributed by atoms with Crippen LogP contribution in [0.3, 0.4) is 0 Å². The fourth-order valence-electron chi connectivity index (χ4n) is 2.00. The van der Waals surface area contributed by atoms with E-state index in [2.05, 4.69) is 22.4 Å². The highest BCUT2D eigenvalue weighted by molar-refractivity contribution is 7.99. The molecule has 0 spiro atoms. The maximum absolute atomic E-state index is 11.8. The van der Waals surface area contributed by atoms with Gasteiger partial charge in [0.25, 0.3) is 5.91 Å². The van der Waals surface area contributed by atoms with Gasteiger partial charge in [0.1, 0.15) is 0 Å². The summed E-state index contributed by atoms with van der Waals surface area (Å²) < 4.78 is 0.306. The van der Waals surface area contributed by atoms with E-state index in [0.717, 1.165) is 29.9 Å². The van der Waals surface area contributed by atoms with Crippen LogP contribution in [0.25, 0.3) is 0 Å². The molecule has 1 aromatic heterocycles. The second kappa shape index (κ2) is 6.02. The first kappa shape index (κ1) is 13.1. The van der Waals surface area contributed by atoms with E-state index >= 15 is 0 Å². The molecule has 1 fully saturated rings. The van der Waals surface area contributed by atoms with Crippen LogP contribution in [0.2, 0.25) is 4.47 Å². The lowest BCUT2D eigenvalue weighted by Crippen LogP contribution is -2.33. The Morgan fingerprint density at radius 1 is 1.59 bits per heavy atom. The summed E-state index contributed by atoms with van der Waals surface area (Å²) in [5.74, 6) is 0.985. The molecule has 2 atom stereocenters. The summed E-state index contributed by atoms with van der Waals surface area (Å²) in [6.45, 7) is 2.17. The Balaban J connectivity index is 1.84. The molecule has 0 bridgehead atoms. The number of thioether (sulfide) groups is 1. The zero-order valence-corrected chi connectivity index (χ0v) is 11.9. The van der Waals surface area contributed by atoms with E-state index < -0.39 is 0 Å². The van der Waals surface area contributed by atoms with Crippen molar-refractivity contribution in [3.05, 3.63) is 9.47 Å². The number of carbonyl (C=O) groups is 1. The van der Waals surface area contributed by atoms with Crippen molar-refractivity contribution < 1.29 is 4.79 Å². The number of halogens is 1. The van der Waals surface area contributed by atoms with Crippen molar-refractivity contribution in [2.75, 3.05) is 5.75 Å². The van der Waals surface area contributed by atoms with Crippen LogP contribution in [-0.4, -0.2) is 33.1 Å². The summed E-state index contributed by atoms with van der Waals surface area (Å²) >= 11 is 8.74. The lowest BCUT2D eigenvalue weighted by molar-refractivity contribution is 0.0937. The molecule has 1 aromatic rings. The minimum Gasteiger partial charge on any atom is -0.347 e. The molecule has 2 unspecified atom stereocenters. The van der Waals surface area contributed by atoms with Crippen molar-refractivity contribution >= 4 is 40.6 Å². The third-order valence-corrected chi connectivity index (χ3v) is 4.97. The maximum Gasteiger partial charge on any atom is 0.282 e. The molecule has 0 radical (unpaired) electrons. The summed E-state index contributed by atoms with van der Waals surface area (Å²) in [6, 6.07) is 0.272. The predicted octanol–water partition coefficient (Wildman–Crippen LogP) is 2.60. The Bertz CT molecular complexity index is 399. The molecule has 1 amide bonds. The van der Waals surface area contributed by atoms with Crippen LogP contribution >= 0.6 is 34.7 Å².